The SMILES string of the molecule is c1ccc(-c2ccc(N(c3ccc(-c4ccc5cc6c(cc5c4)sc4ccccc46)cc3)c3cccc4sc5ccccc5c34)cc2)cc1. The number of rotatable bonds is 5. The van der Waals surface area contributed by atoms with E-state index in [0.29, 0.717) is 0 Å². The topological polar surface area (TPSA) is 3.24 Å². The highest BCUT2D eigenvalue weighted by molar-refractivity contribution is 7.26. The molecule has 0 fully saturated rings. The van der Waals surface area contributed by atoms with Gasteiger partial charge >= 0.3 is 0 Å². The molecule has 2 heterocycles. The second kappa shape index (κ2) is 11.5. The summed E-state index contributed by atoms with van der Waals surface area (Å²) in [6.45, 7) is 0. The van der Waals surface area contributed by atoms with E-state index in [-0.39, 0.29) is 0 Å². The predicted molar refractivity (Wildman–Crippen MR) is 215 cm³/mol. The van der Waals surface area contributed by atoms with E-state index in [0.717, 1.165) is 11.4 Å². The van der Waals surface area contributed by atoms with Crippen LogP contribution in [0.1, 0.15) is 0 Å². The first-order chi connectivity index (χ1) is 24.3. The standard InChI is InChI=1S/C46H29NS2/c1-2-9-30(10-3-1)31-19-23-36(24-20-31)47(41-13-8-16-44-46(41)39-12-5-7-15-43(39)48-44)37-25-21-32(22-26-37)33-17-18-34-28-40-38-11-4-6-14-42(38)49-45(40)29-35(34)27-33/h1-29H. The van der Waals surface area contributed by atoms with Crippen LogP contribution in [0.2, 0.25) is 0 Å². The third kappa shape index (κ3) is 4.82. The summed E-state index contributed by atoms with van der Waals surface area (Å²) >= 11 is 3.74. The van der Waals surface area contributed by atoms with Gasteiger partial charge in [-0.3, -0.25) is 0 Å². The maximum absolute atomic E-state index is 2.42. The summed E-state index contributed by atoms with van der Waals surface area (Å²) in [4.78, 5) is 2.42. The Balaban J connectivity index is 1.08. The minimum Gasteiger partial charge on any atom is -0.310 e. The van der Waals surface area contributed by atoms with Gasteiger partial charge in [-0.25, -0.2) is 0 Å². The van der Waals surface area contributed by atoms with Gasteiger partial charge in [-0.15, -0.1) is 22.7 Å². The van der Waals surface area contributed by atoms with Crippen LogP contribution < -0.4 is 4.90 Å². The lowest BCUT2D eigenvalue weighted by Gasteiger charge is -2.27. The second-order valence-electron chi connectivity index (χ2n) is 12.6. The lowest BCUT2D eigenvalue weighted by molar-refractivity contribution is 1.30. The molecule has 0 amide bonds. The second-order valence-corrected chi connectivity index (χ2v) is 14.7. The number of fused-ring (bicyclic) bond motifs is 7. The normalized spacial score (nSPS) is 11.7. The average molecular weight is 660 g/mol. The molecular weight excluding hydrogens is 631 g/mol. The number of anilines is 3. The first-order valence-corrected chi connectivity index (χ1v) is 18.2. The maximum atomic E-state index is 2.42. The average Bonchev–Trinajstić information content (AvgIpc) is 3.73. The molecule has 8 aromatic carbocycles. The molecule has 0 aliphatic carbocycles. The van der Waals surface area contributed by atoms with Crippen molar-refractivity contribution in [2.24, 2.45) is 0 Å². The molecule has 0 saturated heterocycles. The maximum Gasteiger partial charge on any atom is 0.0554 e. The Kier molecular flexibility index (Phi) is 6.61. The molecule has 0 atom stereocenters. The fraction of sp³-hybridized carbons (Fsp3) is 0. The van der Waals surface area contributed by atoms with E-state index < -0.39 is 0 Å². The summed E-state index contributed by atoms with van der Waals surface area (Å²) in [5.41, 5.74) is 8.32. The van der Waals surface area contributed by atoms with Crippen molar-refractivity contribution in [3.05, 3.63) is 176 Å². The molecule has 0 aliphatic heterocycles. The van der Waals surface area contributed by atoms with Gasteiger partial charge in [0.05, 0.1) is 5.69 Å². The van der Waals surface area contributed by atoms with Crippen LogP contribution in [0.3, 0.4) is 0 Å². The number of hydrogen-bond donors (Lipinski definition) is 0. The summed E-state index contributed by atoms with van der Waals surface area (Å²) < 4.78 is 5.29. The molecule has 0 spiro atoms. The largest absolute Gasteiger partial charge is 0.310 e. The zero-order valence-corrected chi connectivity index (χ0v) is 28.1. The van der Waals surface area contributed by atoms with Gasteiger partial charge in [0.25, 0.3) is 0 Å². The Morgan fingerprint density at radius 2 is 0.898 bits per heavy atom. The number of benzene rings is 8. The van der Waals surface area contributed by atoms with Gasteiger partial charge in [0.15, 0.2) is 0 Å². The van der Waals surface area contributed by atoms with Crippen molar-refractivity contribution in [1.82, 2.24) is 0 Å². The summed E-state index contributed by atoms with van der Waals surface area (Å²) in [6, 6.07) is 64.4. The molecule has 230 valence electrons. The van der Waals surface area contributed by atoms with Gasteiger partial charge in [0, 0.05) is 51.7 Å². The molecular formula is C46H29NS2. The summed E-state index contributed by atoms with van der Waals surface area (Å²) in [5.74, 6) is 0. The monoisotopic (exact) mass is 659 g/mol. The van der Waals surface area contributed by atoms with E-state index in [9.17, 15) is 0 Å². The first kappa shape index (κ1) is 28.3. The number of nitrogens with zero attached hydrogens (tertiary/aromatic N) is 1. The number of hydrogen-bond acceptors (Lipinski definition) is 3. The summed E-state index contributed by atoms with van der Waals surface area (Å²) in [5, 5.41) is 7.82. The lowest BCUT2D eigenvalue weighted by Crippen LogP contribution is -2.10. The van der Waals surface area contributed by atoms with Crippen molar-refractivity contribution in [3.63, 3.8) is 0 Å². The third-order valence-electron chi connectivity index (χ3n) is 9.65. The van der Waals surface area contributed by atoms with Crippen molar-refractivity contribution in [1.29, 1.82) is 0 Å². The molecule has 0 aliphatic rings. The molecule has 0 unspecified atom stereocenters. The van der Waals surface area contributed by atoms with Crippen LogP contribution in [0.25, 0.3) is 73.4 Å². The van der Waals surface area contributed by atoms with E-state index in [4.69, 9.17) is 0 Å². The molecule has 1 nitrogen and oxygen atoms in total. The van der Waals surface area contributed by atoms with Crippen molar-refractivity contribution < 1.29 is 0 Å². The van der Waals surface area contributed by atoms with Gasteiger partial charge in [0.1, 0.15) is 0 Å². The van der Waals surface area contributed by atoms with E-state index in [1.54, 1.807) is 0 Å². The predicted octanol–water partition coefficient (Wildman–Crippen LogP) is 14.4. The zero-order valence-electron chi connectivity index (χ0n) is 26.5. The molecule has 0 saturated carbocycles. The van der Waals surface area contributed by atoms with Crippen LogP contribution in [0.5, 0.6) is 0 Å². The van der Waals surface area contributed by atoms with E-state index in [1.807, 2.05) is 22.7 Å². The van der Waals surface area contributed by atoms with Crippen LogP contribution >= 0.6 is 22.7 Å². The van der Waals surface area contributed by atoms with Crippen molar-refractivity contribution in [3.8, 4) is 22.3 Å². The molecule has 2 aromatic heterocycles. The molecule has 0 bridgehead atoms. The quantitative estimate of drug-likeness (QED) is 0.178. The Morgan fingerprint density at radius 1 is 0.327 bits per heavy atom. The molecule has 0 N–H and O–H groups in total. The Labute approximate surface area is 292 Å². The fourth-order valence-corrected chi connectivity index (χ4v) is 9.52. The van der Waals surface area contributed by atoms with Crippen molar-refractivity contribution >= 4 is 90.9 Å². The van der Waals surface area contributed by atoms with Gasteiger partial charge in [-0.2, -0.15) is 0 Å². The van der Waals surface area contributed by atoms with Crippen LogP contribution in [0.15, 0.2) is 176 Å². The smallest absolute Gasteiger partial charge is 0.0554 e. The van der Waals surface area contributed by atoms with Crippen LogP contribution in [0, 0.1) is 0 Å². The molecule has 49 heavy (non-hydrogen) atoms. The molecule has 10 rings (SSSR count). The summed E-state index contributed by atoms with van der Waals surface area (Å²) in [7, 11) is 0. The molecule has 3 heteroatoms. The van der Waals surface area contributed by atoms with Crippen molar-refractivity contribution in [2.45, 2.75) is 0 Å². The van der Waals surface area contributed by atoms with E-state index in [1.165, 1.54) is 79.1 Å². The van der Waals surface area contributed by atoms with Gasteiger partial charge in [0.2, 0.25) is 0 Å². The first-order valence-electron chi connectivity index (χ1n) is 16.6. The van der Waals surface area contributed by atoms with Gasteiger partial charge < -0.3 is 4.90 Å². The molecule has 10 aromatic rings. The van der Waals surface area contributed by atoms with Crippen molar-refractivity contribution in [2.75, 3.05) is 4.90 Å². The molecule has 0 radical (unpaired) electrons. The third-order valence-corrected chi connectivity index (χ3v) is 11.9. The van der Waals surface area contributed by atoms with E-state index >= 15 is 0 Å². The minimum atomic E-state index is 1.13. The van der Waals surface area contributed by atoms with Gasteiger partial charge in [-0.1, -0.05) is 109 Å². The zero-order chi connectivity index (χ0) is 32.3. The highest BCUT2D eigenvalue weighted by atomic mass is 32.1. The lowest BCUT2D eigenvalue weighted by atomic mass is 9.99. The van der Waals surface area contributed by atoms with Crippen LogP contribution in [-0.2, 0) is 0 Å². The minimum absolute atomic E-state index is 1.13. The Bertz CT molecular complexity index is 2810. The summed E-state index contributed by atoms with van der Waals surface area (Å²) in [6.07, 6.45) is 0. The van der Waals surface area contributed by atoms with Crippen LogP contribution in [-0.4, -0.2) is 0 Å². The van der Waals surface area contributed by atoms with E-state index in [2.05, 4.69) is 181 Å². The highest BCUT2D eigenvalue weighted by Gasteiger charge is 2.19. The van der Waals surface area contributed by atoms with Crippen LogP contribution in [0.4, 0.5) is 17.1 Å². The van der Waals surface area contributed by atoms with Gasteiger partial charge in [-0.05, 0) is 99.8 Å². The Hall–Kier alpha value is -5.74. The Morgan fingerprint density at radius 3 is 1.65 bits per heavy atom. The fourth-order valence-electron chi connectivity index (χ4n) is 7.25. The highest BCUT2D eigenvalue weighted by Crippen LogP contribution is 2.45. The number of thiophene rings is 2.